The van der Waals surface area contributed by atoms with Crippen LogP contribution in [0.2, 0.25) is 0 Å². The smallest absolute Gasteiger partial charge is 0.325 e. The summed E-state index contributed by atoms with van der Waals surface area (Å²) in [5.41, 5.74) is 3.33. The lowest BCUT2D eigenvalue weighted by Gasteiger charge is -2.28. The molecule has 5 heteroatoms. The van der Waals surface area contributed by atoms with Gasteiger partial charge in [0.25, 0.3) is 0 Å². The average Bonchev–Trinajstić information content (AvgIpc) is 2.91. The molecule has 0 bridgehead atoms. The van der Waals surface area contributed by atoms with E-state index in [0.717, 1.165) is 24.3 Å². The molecule has 1 aromatic carbocycles. The minimum atomic E-state index is -0.843. The van der Waals surface area contributed by atoms with Crippen molar-refractivity contribution in [2.45, 2.75) is 31.7 Å². The summed E-state index contributed by atoms with van der Waals surface area (Å²) in [4.78, 5) is 16.7. The van der Waals surface area contributed by atoms with Crippen LogP contribution in [0.3, 0.4) is 0 Å². The fourth-order valence-corrected chi connectivity index (χ4v) is 3.20. The maximum Gasteiger partial charge on any atom is 0.325 e. The molecule has 0 saturated carbocycles. The number of nitrogens with zero attached hydrogens (tertiary/aromatic N) is 1. The molecule has 1 aliphatic heterocycles. The van der Waals surface area contributed by atoms with Crippen molar-refractivity contribution in [1.29, 1.82) is 0 Å². The summed E-state index contributed by atoms with van der Waals surface area (Å²) in [6, 6.07) is 5.42. The van der Waals surface area contributed by atoms with E-state index in [-0.39, 0.29) is 0 Å². The normalized spacial score (nSPS) is 18.5. The summed E-state index contributed by atoms with van der Waals surface area (Å²) in [5, 5.41) is 13.3. The van der Waals surface area contributed by atoms with E-state index in [4.69, 9.17) is 5.11 Å². The van der Waals surface area contributed by atoms with Crippen LogP contribution in [-0.4, -0.2) is 47.1 Å². The number of carboxylic acids is 1. The molecule has 3 N–H and O–H groups in total. The summed E-state index contributed by atoms with van der Waals surface area (Å²) in [5.74, 6) is -0.262. The Labute approximate surface area is 130 Å². The largest absolute Gasteiger partial charge is 0.480 e. The first kappa shape index (κ1) is 14.9. The van der Waals surface area contributed by atoms with Crippen LogP contribution in [0.4, 0.5) is 5.69 Å². The number of aromatic amines is 1. The molecular formula is C17H23N3O2. The van der Waals surface area contributed by atoms with E-state index < -0.39 is 12.0 Å². The van der Waals surface area contributed by atoms with E-state index in [1.807, 2.05) is 12.1 Å². The number of likely N-dealkylation sites (tertiary alicyclic amines) is 1. The Morgan fingerprint density at radius 2 is 2.14 bits per heavy atom. The molecule has 1 saturated heterocycles. The standard InChI is InChI=1S/C17H23N3O2/c1-11(17(21)22)19-13-3-4-16-14(9-13)15(10-18-16)12-5-7-20(2)8-6-12/h3-4,9-12,18-19H,5-8H2,1-2H3,(H,21,22)/t11-/m0/s1. The third kappa shape index (κ3) is 2.95. The Bertz CT molecular complexity index is 672. The van der Waals surface area contributed by atoms with Gasteiger partial charge in [-0.3, -0.25) is 4.79 Å². The number of piperidine rings is 1. The molecule has 0 aliphatic carbocycles. The van der Waals surface area contributed by atoms with Crippen molar-refractivity contribution in [2.75, 3.05) is 25.5 Å². The van der Waals surface area contributed by atoms with Gasteiger partial charge in [-0.2, -0.15) is 0 Å². The summed E-state index contributed by atoms with van der Waals surface area (Å²) in [7, 11) is 2.17. The molecule has 5 nitrogen and oxygen atoms in total. The molecule has 0 spiro atoms. The minimum Gasteiger partial charge on any atom is -0.480 e. The van der Waals surface area contributed by atoms with Crippen LogP contribution in [0, 0.1) is 0 Å². The molecule has 1 aromatic heterocycles. The van der Waals surface area contributed by atoms with Gasteiger partial charge in [-0.15, -0.1) is 0 Å². The van der Waals surface area contributed by atoms with Crippen LogP contribution >= 0.6 is 0 Å². The molecule has 118 valence electrons. The molecule has 0 amide bonds. The number of aliphatic carboxylic acids is 1. The third-order valence-corrected chi connectivity index (χ3v) is 4.63. The quantitative estimate of drug-likeness (QED) is 0.812. The molecule has 2 aromatic rings. The molecule has 1 atom stereocenters. The Morgan fingerprint density at radius 1 is 1.41 bits per heavy atom. The van der Waals surface area contributed by atoms with E-state index in [1.165, 1.54) is 23.8 Å². The van der Waals surface area contributed by atoms with Crippen LogP contribution in [0.25, 0.3) is 10.9 Å². The molecule has 1 aliphatic rings. The molecule has 22 heavy (non-hydrogen) atoms. The van der Waals surface area contributed by atoms with Crippen molar-refractivity contribution in [3.8, 4) is 0 Å². The Balaban J connectivity index is 1.87. The van der Waals surface area contributed by atoms with Crippen LogP contribution in [0.15, 0.2) is 24.4 Å². The van der Waals surface area contributed by atoms with Crippen molar-refractivity contribution in [2.24, 2.45) is 0 Å². The first-order valence-electron chi connectivity index (χ1n) is 7.83. The second-order valence-corrected chi connectivity index (χ2v) is 6.29. The molecular weight excluding hydrogens is 278 g/mol. The number of nitrogens with one attached hydrogen (secondary N) is 2. The highest BCUT2D eigenvalue weighted by atomic mass is 16.4. The van der Waals surface area contributed by atoms with Crippen LogP contribution in [0.1, 0.15) is 31.2 Å². The van der Waals surface area contributed by atoms with Crippen molar-refractivity contribution >= 4 is 22.6 Å². The van der Waals surface area contributed by atoms with Gasteiger partial charge in [0.05, 0.1) is 0 Å². The predicted molar refractivity (Wildman–Crippen MR) is 88.5 cm³/mol. The lowest BCUT2D eigenvalue weighted by molar-refractivity contribution is -0.137. The first-order chi connectivity index (χ1) is 10.5. The fourth-order valence-electron chi connectivity index (χ4n) is 3.20. The summed E-state index contributed by atoms with van der Waals surface area (Å²) < 4.78 is 0. The number of hydrogen-bond donors (Lipinski definition) is 3. The minimum absolute atomic E-state index is 0.581. The van der Waals surface area contributed by atoms with Gasteiger partial charge in [0, 0.05) is 22.8 Å². The zero-order valence-electron chi connectivity index (χ0n) is 13.1. The van der Waals surface area contributed by atoms with Gasteiger partial charge in [0.1, 0.15) is 6.04 Å². The van der Waals surface area contributed by atoms with Crippen LogP contribution in [-0.2, 0) is 4.79 Å². The van der Waals surface area contributed by atoms with Gasteiger partial charge >= 0.3 is 5.97 Å². The zero-order valence-corrected chi connectivity index (χ0v) is 13.1. The highest BCUT2D eigenvalue weighted by molar-refractivity contribution is 5.88. The molecule has 1 fully saturated rings. The van der Waals surface area contributed by atoms with Gasteiger partial charge in [0.2, 0.25) is 0 Å². The number of H-pyrrole nitrogens is 1. The molecule has 0 unspecified atom stereocenters. The highest BCUT2D eigenvalue weighted by Crippen LogP contribution is 2.34. The maximum absolute atomic E-state index is 11.0. The summed E-state index contributed by atoms with van der Waals surface area (Å²) in [6.45, 7) is 3.91. The van der Waals surface area contributed by atoms with Gasteiger partial charge in [-0.1, -0.05) is 0 Å². The number of carboxylic acid groups (broad SMARTS) is 1. The fraction of sp³-hybridized carbons (Fsp3) is 0.471. The predicted octanol–water partition coefficient (Wildman–Crippen LogP) is 2.86. The van der Waals surface area contributed by atoms with Gasteiger partial charge < -0.3 is 20.3 Å². The topological polar surface area (TPSA) is 68.4 Å². The van der Waals surface area contributed by atoms with Crippen LogP contribution in [0.5, 0.6) is 0 Å². The second-order valence-electron chi connectivity index (χ2n) is 6.29. The van der Waals surface area contributed by atoms with Gasteiger partial charge in [-0.25, -0.2) is 0 Å². The average molecular weight is 301 g/mol. The van der Waals surface area contributed by atoms with E-state index >= 15 is 0 Å². The highest BCUT2D eigenvalue weighted by Gasteiger charge is 2.21. The number of carbonyl (C=O) groups is 1. The SMILES string of the molecule is C[C@H](Nc1ccc2[nH]cc(C3CCN(C)CC3)c2c1)C(=O)O. The van der Waals surface area contributed by atoms with Gasteiger partial charge in [-0.05, 0) is 69.6 Å². The lowest BCUT2D eigenvalue weighted by atomic mass is 9.89. The third-order valence-electron chi connectivity index (χ3n) is 4.63. The van der Waals surface area contributed by atoms with E-state index in [1.54, 1.807) is 6.92 Å². The zero-order chi connectivity index (χ0) is 15.7. The molecule has 0 radical (unpaired) electrons. The number of anilines is 1. The Kier molecular flexibility index (Phi) is 4.07. The number of fused-ring (bicyclic) bond motifs is 1. The number of hydrogen-bond acceptors (Lipinski definition) is 3. The van der Waals surface area contributed by atoms with Gasteiger partial charge in [0.15, 0.2) is 0 Å². The van der Waals surface area contributed by atoms with Crippen molar-refractivity contribution in [3.05, 3.63) is 30.0 Å². The van der Waals surface area contributed by atoms with Crippen molar-refractivity contribution < 1.29 is 9.90 Å². The van der Waals surface area contributed by atoms with E-state index in [2.05, 4.69) is 34.5 Å². The monoisotopic (exact) mass is 301 g/mol. The van der Waals surface area contributed by atoms with E-state index in [0.29, 0.717) is 5.92 Å². The summed E-state index contributed by atoms with van der Waals surface area (Å²) >= 11 is 0. The van der Waals surface area contributed by atoms with Crippen molar-refractivity contribution in [3.63, 3.8) is 0 Å². The summed E-state index contributed by atoms with van der Waals surface area (Å²) in [6.07, 6.45) is 4.46. The number of rotatable bonds is 4. The Hall–Kier alpha value is -2.01. The number of benzene rings is 1. The first-order valence-corrected chi connectivity index (χ1v) is 7.83. The second kappa shape index (κ2) is 6.01. The lowest BCUT2D eigenvalue weighted by Crippen LogP contribution is -2.29. The van der Waals surface area contributed by atoms with Crippen LogP contribution < -0.4 is 5.32 Å². The maximum atomic E-state index is 11.0. The Morgan fingerprint density at radius 3 is 2.82 bits per heavy atom. The molecule has 3 rings (SSSR count). The molecule has 2 heterocycles. The number of aromatic nitrogens is 1. The van der Waals surface area contributed by atoms with E-state index in [9.17, 15) is 4.79 Å². The van der Waals surface area contributed by atoms with Crippen molar-refractivity contribution in [1.82, 2.24) is 9.88 Å².